The number of unbranched alkanes of at least 4 members (excludes halogenated alkanes) is 2. The number of hydrogen-bond acceptors (Lipinski definition) is 5. The number of hydrogen-bond donors (Lipinski definition) is 1. The minimum atomic E-state index is -0.201. The first-order valence-electron chi connectivity index (χ1n) is 11.9. The third-order valence-electron chi connectivity index (χ3n) is 6.31. The second-order valence-corrected chi connectivity index (χ2v) is 8.64. The number of carbonyl (C=O) groups is 2. The summed E-state index contributed by atoms with van der Waals surface area (Å²) in [6, 6.07) is 14.6. The van der Waals surface area contributed by atoms with Crippen molar-refractivity contribution in [3.05, 3.63) is 54.1 Å². The zero-order valence-electron chi connectivity index (χ0n) is 19.8. The number of esters is 1. The lowest BCUT2D eigenvalue weighted by Crippen LogP contribution is -2.33. The van der Waals surface area contributed by atoms with Gasteiger partial charge >= 0.3 is 5.97 Å². The van der Waals surface area contributed by atoms with E-state index in [2.05, 4.69) is 17.3 Å². The lowest BCUT2D eigenvalue weighted by Gasteiger charge is -2.19. The predicted molar refractivity (Wildman–Crippen MR) is 131 cm³/mol. The first-order valence-corrected chi connectivity index (χ1v) is 11.9. The van der Waals surface area contributed by atoms with E-state index in [1.54, 1.807) is 0 Å². The van der Waals surface area contributed by atoms with Crippen molar-refractivity contribution in [3.63, 3.8) is 0 Å². The molecule has 0 spiro atoms. The fraction of sp³-hybridized carbons (Fsp3) is 0.481. The van der Waals surface area contributed by atoms with Crippen molar-refractivity contribution in [1.82, 2.24) is 10.2 Å². The molecule has 0 radical (unpaired) electrons. The molecule has 1 amide bonds. The Balaban J connectivity index is 1.59. The lowest BCUT2D eigenvalue weighted by molar-refractivity contribution is -0.140. The molecule has 1 atom stereocenters. The Morgan fingerprint density at radius 3 is 2.76 bits per heavy atom. The van der Waals surface area contributed by atoms with Gasteiger partial charge in [0.05, 0.1) is 12.7 Å². The molecule has 33 heavy (non-hydrogen) atoms. The number of carbonyl (C=O) groups excluding carboxylic acids is 2. The first kappa shape index (κ1) is 24.8. The summed E-state index contributed by atoms with van der Waals surface area (Å²) in [5, 5.41) is 5.22. The van der Waals surface area contributed by atoms with Crippen LogP contribution in [-0.4, -0.2) is 56.7 Å². The van der Waals surface area contributed by atoms with Crippen molar-refractivity contribution in [1.29, 1.82) is 0 Å². The monoisotopic (exact) mass is 452 g/mol. The third kappa shape index (κ3) is 7.60. The van der Waals surface area contributed by atoms with Crippen LogP contribution < -0.4 is 10.1 Å². The van der Waals surface area contributed by atoms with Crippen LogP contribution in [0.4, 0.5) is 0 Å². The highest BCUT2D eigenvalue weighted by atomic mass is 16.5. The Hall–Kier alpha value is -2.86. The Bertz CT molecular complexity index is 951. The standard InChI is InChI=1S/C27H36N2O4/c1-29-19-9-13-23(29)17-18-28-27(31)22(11-4-3-5-16-26(30)32-2)20-33-25-15-8-12-21-10-6-7-14-24(21)25/h6-8,10-12,14-15,23H,3-5,9,13,16-20H2,1-2H3,(H,28,31)/b22-11+. The summed E-state index contributed by atoms with van der Waals surface area (Å²) in [6.07, 6.45) is 7.98. The summed E-state index contributed by atoms with van der Waals surface area (Å²) in [5.41, 5.74) is 0.626. The summed E-state index contributed by atoms with van der Waals surface area (Å²) in [4.78, 5) is 26.6. The van der Waals surface area contributed by atoms with Crippen molar-refractivity contribution in [2.45, 2.75) is 51.0 Å². The molecular weight excluding hydrogens is 416 g/mol. The molecule has 3 rings (SSSR count). The number of methoxy groups -OCH3 is 1. The minimum Gasteiger partial charge on any atom is -0.488 e. The van der Waals surface area contributed by atoms with Crippen LogP contribution in [0.25, 0.3) is 10.8 Å². The molecule has 1 saturated heterocycles. The molecule has 0 bridgehead atoms. The molecule has 1 heterocycles. The van der Waals surface area contributed by atoms with E-state index >= 15 is 0 Å². The zero-order valence-corrected chi connectivity index (χ0v) is 19.8. The SMILES string of the molecule is COC(=O)CCCC/C=C(\COc1cccc2ccccc12)C(=O)NCCC1CCCN1C. The summed E-state index contributed by atoms with van der Waals surface area (Å²) in [5.74, 6) is 0.488. The van der Waals surface area contributed by atoms with E-state index in [9.17, 15) is 9.59 Å². The molecule has 0 aromatic heterocycles. The maximum atomic E-state index is 13.0. The van der Waals surface area contributed by atoms with Gasteiger partial charge in [0.15, 0.2) is 0 Å². The molecular formula is C27H36N2O4. The third-order valence-corrected chi connectivity index (χ3v) is 6.31. The van der Waals surface area contributed by atoms with Gasteiger partial charge in [-0.3, -0.25) is 9.59 Å². The van der Waals surface area contributed by atoms with Crippen LogP contribution >= 0.6 is 0 Å². The molecule has 2 aromatic rings. The molecule has 1 unspecified atom stereocenters. The highest BCUT2D eigenvalue weighted by molar-refractivity contribution is 5.94. The van der Waals surface area contributed by atoms with Crippen LogP contribution in [0.5, 0.6) is 5.75 Å². The number of allylic oxidation sites excluding steroid dienone is 1. The van der Waals surface area contributed by atoms with Crippen molar-refractivity contribution in [2.75, 3.05) is 33.9 Å². The minimum absolute atomic E-state index is 0.0798. The average Bonchev–Trinajstić information content (AvgIpc) is 3.25. The maximum absolute atomic E-state index is 13.0. The van der Waals surface area contributed by atoms with E-state index in [0.29, 0.717) is 31.0 Å². The molecule has 1 N–H and O–H groups in total. The van der Waals surface area contributed by atoms with Crippen LogP contribution in [0.1, 0.15) is 44.9 Å². The second kappa shape index (κ2) is 13.0. The quantitative estimate of drug-likeness (QED) is 0.292. The number of likely N-dealkylation sites (tertiary alicyclic amines) is 1. The number of benzene rings is 2. The van der Waals surface area contributed by atoms with Crippen LogP contribution in [0.3, 0.4) is 0 Å². The summed E-state index contributed by atoms with van der Waals surface area (Å²) < 4.78 is 10.8. The van der Waals surface area contributed by atoms with E-state index in [1.807, 2.05) is 48.5 Å². The highest BCUT2D eigenvalue weighted by Crippen LogP contribution is 2.25. The van der Waals surface area contributed by atoms with Crippen LogP contribution in [0.15, 0.2) is 54.1 Å². The van der Waals surface area contributed by atoms with Gasteiger partial charge in [-0.1, -0.05) is 42.5 Å². The van der Waals surface area contributed by atoms with Gasteiger partial charge in [0.1, 0.15) is 12.4 Å². The number of ether oxygens (including phenoxy) is 2. The van der Waals surface area contributed by atoms with Crippen LogP contribution in [0.2, 0.25) is 0 Å². The molecule has 2 aromatic carbocycles. The fourth-order valence-corrected chi connectivity index (χ4v) is 4.30. The van der Waals surface area contributed by atoms with Crippen LogP contribution in [0, 0.1) is 0 Å². The molecule has 6 heteroatoms. The van der Waals surface area contributed by atoms with Gasteiger partial charge < -0.3 is 19.7 Å². The van der Waals surface area contributed by atoms with E-state index in [1.165, 1.54) is 20.0 Å². The van der Waals surface area contributed by atoms with Gasteiger partial charge in [-0.2, -0.15) is 0 Å². The summed E-state index contributed by atoms with van der Waals surface area (Å²) in [6.45, 7) is 2.00. The number of rotatable bonds is 12. The normalized spacial score (nSPS) is 16.7. The Morgan fingerprint density at radius 1 is 1.15 bits per heavy atom. The summed E-state index contributed by atoms with van der Waals surface area (Å²) >= 11 is 0. The maximum Gasteiger partial charge on any atom is 0.305 e. The average molecular weight is 453 g/mol. The van der Waals surface area contributed by atoms with Gasteiger partial charge in [0.2, 0.25) is 5.91 Å². The van der Waals surface area contributed by atoms with E-state index in [-0.39, 0.29) is 18.5 Å². The smallest absolute Gasteiger partial charge is 0.305 e. The van der Waals surface area contributed by atoms with Crippen molar-refractivity contribution in [2.24, 2.45) is 0 Å². The Labute approximate surface area is 196 Å². The van der Waals surface area contributed by atoms with Gasteiger partial charge in [0.25, 0.3) is 0 Å². The van der Waals surface area contributed by atoms with E-state index < -0.39 is 0 Å². The molecule has 1 aliphatic heterocycles. The second-order valence-electron chi connectivity index (χ2n) is 8.64. The number of nitrogens with zero attached hydrogens (tertiary/aromatic N) is 1. The van der Waals surface area contributed by atoms with Crippen molar-refractivity contribution >= 4 is 22.6 Å². The summed E-state index contributed by atoms with van der Waals surface area (Å²) in [7, 11) is 3.55. The molecule has 1 fully saturated rings. The number of nitrogens with one attached hydrogen (secondary N) is 1. The largest absolute Gasteiger partial charge is 0.488 e. The van der Waals surface area contributed by atoms with Gasteiger partial charge in [-0.05, 0) is 63.6 Å². The van der Waals surface area contributed by atoms with Crippen molar-refractivity contribution in [3.8, 4) is 5.75 Å². The van der Waals surface area contributed by atoms with Crippen LogP contribution in [-0.2, 0) is 14.3 Å². The van der Waals surface area contributed by atoms with Gasteiger partial charge in [0, 0.05) is 24.4 Å². The molecule has 0 saturated carbocycles. The van der Waals surface area contributed by atoms with Gasteiger partial charge in [-0.15, -0.1) is 0 Å². The lowest BCUT2D eigenvalue weighted by atomic mass is 10.1. The number of amides is 1. The molecule has 178 valence electrons. The highest BCUT2D eigenvalue weighted by Gasteiger charge is 2.20. The molecule has 1 aliphatic rings. The molecule has 6 nitrogen and oxygen atoms in total. The molecule has 0 aliphatic carbocycles. The number of fused-ring (bicyclic) bond motifs is 1. The zero-order chi connectivity index (χ0) is 23.5. The fourth-order valence-electron chi connectivity index (χ4n) is 4.30. The Morgan fingerprint density at radius 2 is 1.97 bits per heavy atom. The predicted octanol–water partition coefficient (Wildman–Crippen LogP) is 4.48. The van der Waals surface area contributed by atoms with Crippen molar-refractivity contribution < 1.29 is 19.1 Å². The first-order chi connectivity index (χ1) is 16.1. The van der Waals surface area contributed by atoms with Gasteiger partial charge in [-0.25, -0.2) is 0 Å². The van der Waals surface area contributed by atoms with E-state index in [4.69, 9.17) is 9.47 Å². The van der Waals surface area contributed by atoms with E-state index in [0.717, 1.165) is 42.3 Å². The Kier molecular flexibility index (Phi) is 9.76. The topological polar surface area (TPSA) is 67.9 Å².